The highest BCUT2D eigenvalue weighted by molar-refractivity contribution is 5.87. The standard InChI is InChI=1S/C24H36O8/c1-24-9-8-14-13-5-3-12(10-11(13)2-4-15(14)16(24)6-7-17(24)25)31-23-20(28)18(26)19(27)21(32-23)22(29)30/h11-16,18-21,23,26-28H,2-10H2,1H3,(H,29,30)/t11-,12-,13+,14-,15-,16+,18+,19+,20-,21+,23-,24+/m1/s1. The summed E-state index contributed by atoms with van der Waals surface area (Å²) in [6.45, 7) is 2.20. The zero-order chi connectivity index (χ0) is 22.8. The molecule has 0 aromatic rings. The molecule has 4 saturated carbocycles. The van der Waals surface area contributed by atoms with E-state index in [1.807, 2.05) is 0 Å². The van der Waals surface area contributed by atoms with E-state index in [2.05, 4.69) is 6.92 Å². The van der Waals surface area contributed by atoms with Crippen LogP contribution in [0.5, 0.6) is 0 Å². The van der Waals surface area contributed by atoms with Gasteiger partial charge in [0.15, 0.2) is 12.4 Å². The summed E-state index contributed by atoms with van der Waals surface area (Å²) in [5, 5.41) is 39.4. The maximum atomic E-state index is 12.5. The van der Waals surface area contributed by atoms with Crippen LogP contribution in [0.2, 0.25) is 0 Å². The summed E-state index contributed by atoms with van der Waals surface area (Å²) in [4.78, 5) is 23.9. The van der Waals surface area contributed by atoms with Crippen LogP contribution in [-0.2, 0) is 19.1 Å². The van der Waals surface area contributed by atoms with E-state index in [0.717, 1.165) is 57.8 Å². The summed E-state index contributed by atoms with van der Waals surface area (Å²) in [5.41, 5.74) is -0.102. The zero-order valence-corrected chi connectivity index (χ0v) is 18.6. The first-order valence-corrected chi connectivity index (χ1v) is 12.3. The highest BCUT2D eigenvalue weighted by atomic mass is 16.7. The molecule has 5 aliphatic rings. The minimum absolute atomic E-state index is 0.102. The predicted octanol–water partition coefficient (Wildman–Crippen LogP) is 1.49. The molecule has 180 valence electrons. The van der Waals surface area contributed by atoms with Crippen LogP contribution >= 0.6 is 0 Å². The molecule has 0 spiro atoms. The summed E-state index contributed by atoms with van der Waals surface area (Å²) in [6, 6.07) is 0. The Kier molecular flexibility index (Phi) is 5.90. The first-order valence-electron chi connectivity index (χ1n) is 12.3. The lowest BCUT2D eigenvalue weighted by Crippen LogP contribution is -2.61. The molecule has 4 aliphatic carbocycles. The summed E-state index contributed by atoms with van der Waals surface area (Å²) in [7, 11) is 0. The van der Waals surface area contributed by atoms with Crippen molar-refractivity contribution in [2.75, 3.05) is 0 Å². The molecule has 5 rings (SSSR count). The first-order chi connectivity index (χ1) is 15.2. The van der Waals surface area contributed by atoms with E-state index in [1.54, 1.807) is 0 Å². The van der Waals surface area contributed by atoms with Crippen LogP contribution in [0.1, 0.15) is 64.7 Å². The van der Waals surface area contributed by atoms with Crippen molar-refractivity contribution in [1.82, 2.24) is 0 Å². The summed E-state index contributed by atoms with van der Waals surface area (Å²) >= 11 is 0. The Morgan fingerprint density at radius 2 is 1.72 bits per heavy atom. The van der Waals surface area contributed by atoms with Crippen LogP contribution in [0.3, 0.4) is 0 Å². The zero-order valence-electron chi connectivity index (χ0n) is 18.6. The van der Waals surface area contributed by atoms with E-state index >= 15 is 0 Å². The van der Waals surface area contributed by atoms with Crippen molar-refractivity contribution in [2.24, 2.45) is 35.0 Å². The largest absolute Gasteiger partial charge is 0.479 e. The molecule has 0 radical (unpaired) electrons. The van der Waals surface area contributed by atoms with E-state index in [0.29, 0.717) is 35.4 Å². The predicted molar refractivity (Wildman–Crippen MR) is 111 cm³/mol. The Bertz CT molecular complexity index is 756. The lowest BCUT2D eigenvalue weighted by atomic mass is 9.50. The molecular formula is C24H36O8. The normalized spacial score (nSPS) is 53.2. The molecule has 0 unspecified atom stereocenters. The number of ketones is 1. The van der Waals surface area contributed by atoms with Crippen LogP contribution in [0.15, 0.2) is 0 Å². The van der Waals surface area contributed by atoms with Gasteiger partial charge in [-0.3, -0.25) is 4.79 Å². The Morgan fingerprint density at radius 1 is 0.969 bits per heavy atom. The molecule has 0 aromatic heterocycles. The van der Waals surface area contributed by atoms with Crippen molar-refractivity contribution in [3.63, 3.8) is 0 Å². The lowest BCUT2D eigenvalue weighted by Gasteiger charge is -2.55. The molecule has 0 bridgehead atoms. The SMILES string of the molecule is C[C@]12CC[C@H]3[C@@H](CC[C@@H]4C[C@H](O[C@@H]5O[C@H](C(=O)O)[C@@H](O)[C@H](O)[C@H]5O)CC[C@@H]43)[C@@H]1CCC2=O. The quantitative estimate of drug-likeness (QED) is 0.473. The second-order valence-corrected chi connectivity index (χ2v) is 11.2. The van der Waals surface area contributed by atoms with Crippen LogP contribution in [0.25, 0.3) is 0 Å². The number of fused-ring (bicyclic) bond motifs is 5. The Morgan fingerprint density at radius 3 is 2.47 bits per heavy atom. The number of hydrogen-bond donors (Lipinski definition) is 4. The number of hydrogen-bond acceptors (Lipinski definition) is 7. The molecule has 0 amide bonds. The van der Waals surface area contributed by atoms with Crippen molar-refractivity contribution >= 4 is 11.8 Å². The average Bonchev–Trinajstić information content (AvgIpc) is 3.08. The van der Waals surface area contributed by atoms with E-state index in [1.165, 1.54) is 0 Å². The number of Topliss-reactive ketones (excluding diaryl/α,β-unsaturated/α-hetero) is 1. The van der Waals surface area contributed by atoms with Crippen molar-refractivity contribution in [1.29, 1.82) is 0 Å². The Labute approximate surface area is 188 Å². The van der Waals surface area contributed by atoms with Gasteiger partial charge in [0.1, 0.15) is 24.1 Å². The van der Waals surface area contributed by atoms with Crippen molar-refractivity contribution in [3.8, 4) is 0 Å². The average molecular weight is 453 g/mol. The van der Waals surface area contributed by atoms with Gasteiger partial charge in [-0.15, -0.1) is 0 Å². The number of aliphatic hydroxyl groups excluding tert-OH is 3. The number of carbonyl (C=O) groups excluding carboxylic acids is 1. The number of rotatable bonds is 3. The molecule has 1 aliphatic heterocycles. The second-order valence-electron chi connectivity index (χ2n) is 11.2. The molecule has 12 atom stereocenters. The fraction of sp³-hybridized carbons (Fsp3) is 0.917. The maximum Gasteiger partial charge on any atom is 0.335 e. The van der Waals surface area contributed by atoms with Crippen molar-refractivity contribution in [2.45, 2.75) is 102 Å². The number of carboxylic acids is 1. The number of ether oxygens (including phenoxy) is 2. The van der Waals surface area contributed by atoms with Gasteiger partial charge in [0.25, 0.3) is 0 Å². The topological polar surface area (TPSA) is 134 Å². The molecule has 32 heavy (non-hydrogen) atoms. The lowest BCUT2D eigenvalue weighted by molar-refractivity contribution is -0.308. The van der Waals surface area contributed by atoms with Gasteiger partial charge < -0.3 is 29.9 Å². The number of carbonyl (C=O) groups is 2. The molecule has 4 N–H and O–H groups in total. The number of aliphatic hydroxyl groups is 3. The van der Waals surface area contributed by atoms with Gasteiger partial charge in [-0.1, -0.05) is 6.92 Å². The first kappa shape index (κ1) is 22.7. The van der Waals surface area contributed by atoms with Crippen molar-refractivity contribution < 1.29 is 39.5 Å². The van der Waals surface area contributed by atoms with Crippen LogP contribution in [-0.4, -0.2) is 69.0 Å². The Balaban J connectivity index is 1.22. The summed E-state index contributed by atoms with van der Waals surface area (Å²) < 4.78 is 11.3. The van der Waals surface area contributed by atoms with Gasteiger partial charge in [0.2, 0.25) is 0 Å². The monoisotopic (exact) mass is 452 g/mol. The molecule has 8 heteroatoms. The minimum Gasteiger partial charge on any atom is -0.479 e. The fourth-order valence-electron chi connectivity index (χ4n) is 8.06. The fourth-order valence-corrected chi connectivity index (χ4v) is 8.06. The van der Waals surface area contributed by atoms with Gasteiger partial charge in [0.05, 0.1) is 6.10 Å². The minimum atomic E-state index is -1.70. The van der Waals surface area contributed by atoms with Crippen molar-refractivity contribution in [3.05, 3.63) is 0 Å². The van der Waals surface area contributed by atoms with Gasteiger partial charge >= 0.3 is 5.97 Å². The highest BCUT2D eigenvalue weighted by Crippen LogP contribution is 2.61. The van der Waals surface area contributed by atoms with E-state index in [9.17, 15) is 30.0 Å². The molecular weight excluding hydrogens is 416 g/mol. The highest BCUT2D eigenvalue weighted by Gasteiger charge is 2.57. The van der Waals surface area contributed by atoms with Crippen LogP contribution < -0.4 is 0 Å². The van der Waals surface area contributed by atoms with E-state index in [-0.39, 0.29) is 11.5 Å². The third-order valence-electron chi connectivity index (χ3n) is 9.75. The molecule has 5 fully saturated rings. The third-order valence-corrected chi connectivity index (χ3v) is 9.75. The number of carboxylic acid groups (broad SMARTS) is 1. The van der Waals surface area contributed by atoms with Gasteiger partial charge in [-0.05, 0) is 81.0 Å². The van der Waals surface area contributed by atoms with Gasteiger partial charge in [0, 0.05) is 11.8 Å². The Hall–Kier alpha value is -1.06. The van der Waals surface area contributed by atoms with Crippen LogP contribution in [0.4, 0.5) is 0 Å². The van der Waals surface area contributed by atoms with E-state index in [4.69, 9.17) is 9.47 Å². The van der Waals surface area contributed by atoms with Crippen LogP contribution in [0, 0.1) is 35.0 Å². The van der Waals surface area contributed by atoms with Gasteiger partial charge in [-0.25, -0.2) is 4.79 Å². The van der Waals surface area contributed by atoms with Gasteiger partial charge in [-0.2, -0.15) is 0 Å². The summed E-state index contributed by atoms with van der Waals surface area (Å²) in [6.07, 6.45) is 0.950. The summed E-state index contributed by atoms with van der Waals surface area (Å²) in [5.74, 6) is 2.08. The molecule has 8 nitrogen and oxygen atoms in total. The number of aliphatic carboxylic acids is 1. The smallest absolute Gasteiger partial charge is 0.335 e. The third kappa shape index (κ3) is 3.54. The van der Waals surface area contributed by atoms with E-state index < -0.39 is 36.7 Å². The maximum absolute atomic E-state index is 12.5. The second kappa shape index (κ2) is 8.31. The molecule has 1 heterocycles. The molecule has 0 aromatic carbocycles. The molecule has 1 saturated heterocycles.